The van der Waals surface area contributed by atoms with Crippen molar-refractivity contribution >= 4 is 11.8 Å². The van der Waals surface area contributed by atoms with E-state index in [-0.39, 0.29) is 11.8 Å². The number of hydrogen-bond acceptors (Lipinski definition) is 3. The minimum Gasteiger partial charge on any atom is -0.341 e. The molecule has 21 heavy (non-hydrogen) atoms. The fourth-order valence-electron chi connectivity index (χ4n) is 2.19. The van der Waals surface area contributed by atoms with E-state index in [4.69, 9.17) is 5.73 Å². The van der Waals surface area contributed by atoms with Crippen LogP contribution in [0.1, 0.15) is 36.7 Å². The van der Waals surface area contributed by atoms with Crippen molar-refractivity contribution in [2.75, 3.05) is 19.6 Å². The van der Waals surface area contributed by atoms with Crippen LogP contribution in [0, 0.1) is 0 Å². The Kier molecular flexibility index (Phi) is 6.88. The molecule has 2 amide bonds. The predicted octanol–water partition coefficient (Wildman–Crippen LogP) is 1.17. The molecule has 0 fully saturated rings. The van der Waals surface area contributed by atoms with E-state index in [2.05, 4.69) is 5.32 Å². The largest absolute Gasteiger partial charge is 0.341 e. The van der Waals surface area contributed by atoms with Crippen molar-refractivity contribution in [2.45, 2.75) is 33.2 Å². The highest BCUT2D eigenvalue weighted by atomic mass is 16.2. The van der Waals surface area contributed by atoms with E-state index in [0.29, 0.717) is 25.2 Å². The minimum atomic E-state index is -0.532. The summed E-state index contributed by atoms with van der Waals surface area (Å²) in [7, 11) is 0. The van der Waals surface area contributed by atoms with Crippen LogP contribution in [0.15, 0.2) is 24.3 Å². The van der Waals surface area contributed by atoms with Crippen LogP contribution >= 0.6 is 0 Å². The van der Waals surface area contributed by atoms with Gasteiger partial charge in [-0.05, 0) is 51.4 Å². The molecule has 1 atom stereocenters. The molecule has 0 radical (unpaired) electrons. The molecule has 0 aliphatic carbocycles. The summed E-state index contributed by atoms with van der Waals surface area (Å²) in [5.74, 6) is -0.298. The summed E-state index contributed by atoms with van der Waals surface area (Å²) in [6.07, 6.45) is 0.731. The maximum absolute atomic E-state index is 12.2. The van der Waals surface area contributed by atoms with Crippen LogP contribution in [0.25, 0.3) is 0 Å². The molecule has 0 aliphatic rings. The molecule has 3 N–H and O–H groups in total. The lowest BCUT2D eigenvalue weighted by Gasteiger charge is -2.23. The van der Waals surface area contributed by atoms with Crippen molar-refractivity contribution in [1.29, 1.82) is 0 Å². The van der Waals surface area contributed by atoms with Gasteiger partial charge < -0.3 is 16.0 Å². The van der Waals surface area contributed by atoms with E-state index in [1.54, 1.807) is 17.9 Å². The Morgan fingerprint density at radius 3 is 2.52 bits per heavy atom. The second kappa shape index (κ2) is 8.42. The molecule has 0 heterocycles. The fourth-order valence-corrected chi connectivity index (χ4v) is 2.19. The first-order chi connectivity index (χ1) is 10.0. The number of nitrogens with zero attached hydrogens (tertiary/aromatic N) is 1. The number of benzene rings is 1. The van der Waals surface area contributed by atoms with Gasteiger partial charge in [0.2, 0.25) is 5.91 Å². The Morgan fingerprint density at radius 1 is 1.29 bits per heavy atom. The number of likely N-dealkylation sites (N-methyl/N-ethyl adjacent to an activating group) is 1. The summed E-state index contributed by atoms with van der Waals surface area (Å²) >= 11 is 0. The van der Waals surface area contributed by atoms with Crippen molar-refractivity contribution in [2.24, 2.45) is 5.73 Å². The standard InChI is InChI=1S/C16H25N3O2/c1-4-19(5-2)16(21)12(3)18-15(20)14-8-6-7-13(11-14)9-10-17/h6-8,11-12H,4-5,9-10,17H2,1-3H3,(H,18,20). The van der Waals surface area contributed by atoms with Crippen LogP contribution in [0.2, 0.25) is 0 Å². The summed E-state index contributed by atoms with van der Waals surface area (Å²) < 4.78 is 0. The highest BCUT2D eigenvalue weighted by Gasteiger charge is 2.20. The van der Waals surface area contributed by atoms with Gasteiger partial charge in [-0.1, -0.05) is 12.1 Å². The first kappa shape index (κ1) is 17.2. The topological polar surface area (TPSA) is 75.4 Å². The average Bonchev–Trinajstić information content (AvgIpc) is 2.48. The highest BCUT2D eigenvalue weighted by molar-refractivity contribution is 5.97. The molecule has 116 valence electrons. The van der Waals surface area contributed by atoms with Gasteiger partial charge in [-0.25, -0.2) is 0 Å². The van der Waals surface area contributed by atoms with Crippen LogP contribution in [0.3, 0.4) is 0 Å². The average molecular weight is 291 g/mol. The van der Waals surface area contributed by atoms with E-state index in [1.807, 2.05) is 32.0 Å². The van der Waals surface area contributed by atoms with Crippen molar-refractivity contribution in [3.63, 3.8) is 0 Å². The third kappa shape index (κ3) is 4.86. The van der Waals surface area contributed by atoms with Gasteiger partial charge in [0.1, 0.15) is 6.04 Å². The lowest BCUT2D eigenvalue weighted by atomic mass is 10.1. The zero-order valence-electron chi connectivity index (χ0n) is 13.1. The number of amides is 2. The van der Waals surface area contributed by atoms with Gasteiger partial charge in [0.05, 0.1) is 0 Å². The molecule has 5 nitrogen and oxygen atoms in total. The van der Waals surface area contributed by atoms with Crippen molar-refractivity contribution in [3.05, 3.63) is 35.4 Å². The molecule has 1 aromatic carbocycles. The van der Waals surface area contributed by atoms with Crippen LogP contribution in [0.5, 0.6) is 0 Å². The maximum Gasteiger partial charge on any atom is 0.251 e. The van der Waals surface area contributed by atoms with Crippen LogP contribution in [0.4, 0.5) is 0 Å². The molecular weight excluding hydrogens is 266 g/mol. The van der Waals surface area contributed by atoms with E-state index in [9.17, 15) is 9.59 Å². The van der Waals surface area contributed by atoms with Gasteiger partial charge in [-0.2, -0.15) is 0 Å². The Morgan fingerprint density at radius 2 is 1.95 bits per heavy atom. The van der Waals surface area contributed by atoms with Crippen molar-refractivity contribution in [3.8, 4) is 0 Å². The summed E-state index contributed by atoms with van der Waals surface area (Å²) in [5.41, 5.74) is 7.10. The number of rotatable bonds is 7. The summed E-state index contributed by atoms with van der Waals surface area (Å²) in [5, 5.41) is 2.75. The molecule has 0 bridgehead atoms. The summed E-state index contributed by atoms with van der Waals surface area (Å²) in [6, 6.07) is 6.79. The van der Waals surface area contributed by atoms with Gasteiger partial charge in [-0.3, -0.25) is 9.59 Å². The van der Waals surface area contributed by atoms with Crippen molar-refractivity contribution < 1.29 is 9.59 Å². The molecule has 0 saturated heterocycles. The van der Waals surface area contributed by atoms with Gasteiger partial charge in [0.15, 0.2) is 0 Å². The summed E-state index contributed by atoms with van der Waals surface area (Å²) in [4.78, 5) is 26.0. The summed E-state index contributed by atoms with van der Waals surface area (Å²) in [6.45, 7) is 7.38. The fraction of sp³-hybridized carbons (Fsp3) is 0.500. The Balaban J connectivity index is 2.72. The van der Waals surface area contributed by atoms with Crippen molar-refractivity contribution in [1.82, 2.24) is 10.2 Å². The molecule has 1 rings (SSSR count). The second-order valence-electron chi connectivity index (χ2n) is 4.94. The van der Waals surface area contributed by atoms with Gasteiger partial charge in [-0.15, -0.1) is 0 Å². The van der Waals surface area contributed by atoms with Crippen LogP contribution in [-0.4, -0.2) is 42.4 Å². The van der Waals surface area contributed by atoms with E-state index >= 15 is 0 Å². The first-order valence-corrected chi connectivity index (χ1v) is 7.42. The number of hydrogen-bond donors (Lipinski definition) is 2. The van der Waals surface area contributed by atoms with Gasteiger partial charge in [0, 0.05) is 18.7 Å². The second-order valence-corrected chi connectivity index (χ2v) is 4.94. The normalized spacial score (nSPS) is 11.8. The zero-order chi connectivity index (χ0) is 15.8. The number of nitrogens with two attached hydrogens (primary N) is 1. The Bertz CT molecular complexity index is 484. The molecule has 0 aromatic heterocycles. The predicted molar refractivity (Wildman–Crippen MR) is 84.1 cm³/mol. The molecule has 1 unspecified atom stereocenters. The van der Waals surface area contributed by atoms with E-state index < -0.39 is 6.04 Å². The molecule has 0 aliphatic heterocycles. The number of carbonyl (C=O) groups excluding carboxylic acids is 2. The van der Waals surface area contributed by atoms with E-state index in [0.717, 1.165) is 12.0 Å². The molecular formula is C16H25N3O2. The molecule has 5 heteroatoms. The lowest BCUT2D eigenvalue weighted by Crippen LogP contribution is -2.46. The SMILES string of the molecule is CCN(CC)C(=O)C(C)NC(=O)c1cccc(CCN)c1. The van der Waals surface area contributed by atoms with Gasteiger partial charge >= 0.3 is 0 Å². The smallest absolute Gasteiger partial charge is 0.251 e. The van der Waals surface area contributed by atoms with Crippen LogP contribution in [-0.2, 0) is 11.2 Å². The minimum absolute atomic E-state index is 0.0635. The van der Waals surface area contributed by atoms with Gasteiger partial charge in [0.25, 0.3) is 5.91 Å². The third-order valence-corrected chi connectivity index (χ3v) is 3.42. The monoisotopic (exact) mass is 291 g/mol. The lowest BCUT2D eigenvalue weighted by molar-refractivity contribution is -0.132. The number of carbonyl (C=O) groups is 2. The molecule has 1 aromatic rings. The quantitative estimate of drug-likeness (QED) is 0.792. The Labute approximate surface area is 126 Å². The van der Waals surface area contributed by atoms with Crippen LogP contribution < -0.4 is 11.1 Å². The van der Waals surface area contributed by atoms with E-state index in [1.165, 1.54) is 0 Å². The maximum atomic E-state index is 12.2. The zero-order valence-corrected chi connectivity index (χ0v) is 13.1. The molecule has 0 spiro atoms. The highest BCUT2D eigenvalue weighted by Crippen LogP contribution is 2.06. The Hall–Kier alpha value is -1.88. The third-order valence-electron chi connectivity index (χ3n) is 3.42. The first-order valence-electron chi connectivity index (χ1n) is 7.42. The molecule has 0 saturated carbocycles. The number of nitrogens with one attached hydrogen (secondary N) is 1.